The first-order valence-electron chi connectivity index (χ1n) is 6.77. The van der Waals surface area contributed by atoms with E-state index in [9.17, 15) is 22.8 Å². The predicted molar refractivity (Wildman–Crippen MR) is 85.9 cm³/mol. The van der Waals surface area contributed by atoms with Gasteiger partial charge in [0, 0.05) is 10.5 Å². The molecule has 9 heteroatoms. The molecule has 0 unspecified atom stereocenters. The lowest BCUT2D eigenvalue weighted by Crippen LogP contribution is -2.21. The second kappa shape index (κ2) is 8.02. The number of amides is 1. The third-order valence-electron chi connectivity index (χ3n) is 2.99. The average Bonchev–Trinajstić information content (AvgIpc) is 2.55. The Bertz CT molecular complexity index is 829. The number of hydrogen-bond donors (Lipinski definition) is 1. The maximum Gasteiger partial charge on any atom is 0.340 e. The lowest BCUT2D eigenvalue weighted by Gasteiger charge is -2.10. The number of hydrogen-bond acceptors (Lipinski definition) is 4. The normalized spacial score (nSPS) is 10.3. The molecule has 2 aromatic rings. The first kappa shape index (κ1) is 18.8. The van der Waals surface area contributed by atoms with E-state index in [2.05, 4.69) is 26.0 Å². The number of carbonyl (C=O) groups is 2. The number of methoxy groups -OCH3 is 1. The highest BCUT2D eigenvalue weighted by Crippen LogP contribution is 2.22. The van der Waals surface area contributed by atoms with E-state index in [0.717, 1.165) is 19.2 Å². The Morgan fingerprint density at radius 2 is 1.80 bits per heavy atom. The van der Waals surface area contributed by atoms with Crippen LogP contribution in [0, 0.1) is 17.5 Å². The molecule has 2 rings (SSSR count). The molecule has 0 aliphatic rings. The van der Waals surface area contributed by atoms with Crippen molar-refractivity contribution in [3.63, 3.8) is 0 Å². The minimum Gasteiger partial charge on any atom is -0.481 e. The fourth-order valence-electron chi connectivity index (χ4n) is 1.83. The number of halogens is 4. The van der Waals surface area contributed by atoms with E-state index in [1.807, 2.05) is 0 Å². The molecule has 1 N–H and O–H groups in total. The summed E-state index contributed by atoms with van der Waals surface area (Å²) in [6.07, 6.45) is 0. The van der Waals surface area contributed by atoms with Crippen LogP contribution in [0.15, 0.2) is 34.8 Å². The van der Waals surface area contributed by atoms with E-state index < -0.39 is 47.2 Å². The van der Waals surface area contributed by atoms with Gasteiger partial charge in [0.05, 0.1) is 18.4 Å². The molecule has 0 aromatic heterocycles. The number of rotatable bonds is 5. The van der Waals surface area contributed by atoms with E-state index in [0.29, 0.717) is 10.5 Å². The van der Waals surface area contributed by atoms with Crippen molar-refractivity contribution >= 4 is 33.5 Å². The molecule has 0 heterocycles. The third kappa shape index (κ3) is 4.72. The highest BCUT2D eigenvalue weighted by Gasteiger charge is 2.18. The fourth-order valence-corrected chi connectivity index (χ4v) is 2.17. The van der Waals surface area contributed by atoms with Gasteiger partial charge in [-0.05, 0) is 24.3 Å². The Morgan fingerprint density at radius 3 is 2.44 bits per heavy atom. The maximum absolute atomic E-state index is 13.7. The van der Waals surface area contributed by atoms with Crippen LogP contribution in [-0.2, 0) is 9.53 Å². The summed E-state index contributed by atoms with van der Waals surface area (Å²) in [5.41, 5.74) is -0.981. The minimum absolute atomic E-state index is 0.173. The van der Waals surface area contributed by atoms with Crippen molar-refractivity contribution in [2.24, 2.45) is 0 Å². The molecule has 0 aliphatic carbocycles. The highest BCUT2D eigenvalue weighted by molar-refractivity contribution is 9.10. The van der Waals surface area contributed by atoms with Gasteiger partial charge in [-0.15, -0.1) is 0 Å². The number of benzene rings is 2. The third-order valence-corrected chi connectivity index (χ3v) is 3.48. The molecule has 1 amide bonds. The maximum atomic E-state index is 13.7. The van der Waals surface area contributed by atoms with Crippen LogP contribution in [0.25, 0.3) is 0 Å². The van der Waals surface area contributed by atoms with E-state index >= 15 is 0 Å². The molecule has 0 bridgehead atoms. The Kier molecular flexibility index (Phi) is 6.02. The molecule has 0 fully saturated rings. The van der Waals surface area contributed by atoms with Crippen molar-refractivity contribution in [1.29, 1.82) is 0 Å². The molecular weight excluding hydrogens is 407 g/mol. The Labute approximate surface area is 148 Å². The topological polar surface area (TPSA) is 64.6 Å². The lowest BCUT2D eigenvalue weighted by molar-refractivity contribution is -0.118. The largest absolute Gasteiger partial charge is 0.481 e. The van der Waals surface area contributed by atoms with Gasteiger partial charge in [0.15, 0.2) is 18.2 Å². The summed E-state index contributed by atoms with van der Waals surface area (Å²) in [5, 5.41) is 2.11. The summed E-state index contributed by atoms with van der Waals surface area (Å²) < 4.78 is 50.7. The lowest BCUT2D eigenvalue weighted by atomic mass is 10.1. The summed E-state index contributed by atoms with van der Waals surface area (Å²) in [5.74, 6) is -4.94. The molecule has 0 saturated carbocycles. The smallest absolute Gasteiger partial charge is 0.340 e. The second-order valence-corrected chi connectivity index (χ2v) is 5.63. The van der Waals surface area contributed by atoms with Crippen molar-refractivity contribution < 1.29 is 32.2 Å². The molecular formula is C16H11BrF3NO4. The number of nitrogens with one attached hydrogen (secondary N) is 1. The first-order chi connectivity index (χ1) is 11.8. The van der Waals surface area contributed by atoms with E-state index in [-0.39, 0.29) is 5.75 Å². The molecule has 132 valence electrons. The van der Waals surface area contributed by atoms with E-state index in [1.165, 1.54) is 12.1 Å². The van der Waals surface area contributed by atoms with Gasteiger partial charge in [-0.3, -0.25) is 4.79 Å². The molecule has 2 aromatic carbocycles. The zero-order valence-corrected chi connectivity index (χ0v) is 14.3. The zero-order chi connectivity index (χ0) is 18.6. The first-order valence-corrected chi connectivity index (χ1v) is 7.56. The molecule has 25 heavy (non-hydrogen) atoms. The molecule has 0 saturated heterocycles. The van der Waals surface area contributed by atoms with Crippen molar-refractivity contribution in [2.45, 2.75) is 0 Å². The molecule has 0 atom stereocenters. The molecule has 0 aliphatic heterocycles. The van der Waals surface area contributed by atoms with Gasteiger partial charge >= 0.3 is 5.97 Å². The summed E-state index contributed by atoms with van der Waals surface area (Å²) in [6.45, 7) is -0.622. The van der Waals surface area contributed by atoms with Gasteiger partial charge in [0.25, 0.3) is 5.91 Å². The molecule has 0 radical (unpaired) electrons. The van der Waals surface area contributed by atoms with Crippen LogP contribution >= 0.6 is 15.9 Å². The van der Waals surface area contributed by atoms with Gasteiger partial charge < -0.3 is 14.8 Å². The van der Waals surface area contributed by atoms with Crippen molar-refractivity contribution in [3.8, 4) is 5.75 Å². The summed E-state index contributed by atoms with van der Waals surface area (Å²) in [4.78, 5) is 23.2. The van der Waals surface area contributed by atoms with Crippen LogP contribution in [0.1, 0.15) is 10.4 Å². The van der Waals surface area contributed by atoms with Crippen LogP contribution in [0.5, 0.6) is 5.75 Å². The molecule has 5 nitrogen and oxygen atoms in total. The van der Waals surface area contributed by atoms with Gasteiger partial charge in [0.1, 0.15) is 11.6 Å². The van der Waals surface area contributed by atoms with Crippen molar-refractivity contribution in [3.05, 3.63) is 57.8 Å². The zero-order valence-electron chi connectivity index (χ0n) is 12.7. The summed E-state index contributed by atoms with van der Waals surface area (Å²) in [6, 6.07) is 5.21. The van der Waals surface area contributed by atoms with Crippen LogP contribution in [0.3, 0.4) is 0 Å². The Balaban J connectivity index is 2.08. The van der Waals surface area contributed by atoms with E-state index in [1.54, 1.807) is 0 Å². The Hall–Kier alpha value is -2.55. The summed E-state index contributed by atoms with van der Waals surface area (Å²) >= 11 is 3.07. The average molecular weight is 418 g/mol. The van der Waals surface area contributed by atoms with Gasteiger partial charge in [-0.1, -0.05) is 15.9 Å². The number of esters is 1. The number of ether oxygens (including phenoxy) is 2. The van der Waals surface area contributed by atoms with Gasteiger partial charge in [0.2, 0.25) is 0 Å². The van der Waals surface area contributed by atoms with Crippen LogP contribution in [-0.4, -0.2) is 25.6 Å². The fraction of sp³-hybridized carbons (Fsp3) is 0.125. The number of anilines is 1. The monoisotopic (exact) mass is 417 g/mol. The Morgan fingerprint density at radius 1 is 1.08 bits per heavy atom. The van der Waals surface area contributed by atoms with Crippen LogP contribution < -0.4 is 10.1 Å². The molecule has 0 spiro atoms. The second-order valence-electron chi connectivity index (χ2n) is 4.72. The summed E-state index contributed by atoms with van der Waals surface area (Å²) in [7, 11) is 1.03. The number of carbonyl (C=O) groups excluding carboxylic acids is 2. The van der Waals surface area contributed by atoms with Crippen LogP contribution in [0.4, 0.5) is 18.9 Å². The minimum atomic E-state index is -1.13. The van der Waals surface area contributed by atoms with Gasteiger partial charge in [-0.25, -0.2) is 18.0 Å². The predicted octanol–water partition coefficient (Wildman–Crippen LogP) is 3.67. The SMILES string of the molecule is COC(=O)c1cc(NC(=O)COc2ccc(Br)cc2F)c(F)cc1F. The van der Waals surface area contributed by atoms with Crippen LogP contribution in [0.2, 0.25) is 0 Å². The standard InChI is InChI=1S/C16H11BrF3NO4/c1-24-16(23)9-5-13(11(19)6-10(9)18)21-15(22)7-25-14-3-2-8(17)4-12(14)20/h2-6H,7H2,1H3,(H,21,22). The van der Waals surface area contributed by atoms with Gasteiger partial charge in [-0.2, -0.15) is 0 Å². The van der Waals surface area contributed by atoms with E-state index in [4.69, 9.17) is 4.74 Å². The van der Waals surface area contributed by atoms with Crippen molar-refractivity contribution in [2.75, 3.05) is 19.0 Å². The van der Waals surface area contributed by atoms with Crippen molar-refractivity contribution in [1.82, 2.24) is 0 Å². The quantitative estimate of drug-likeness (QED) is 0.753. The highest BCUT2D eigenvalue weighted by atomic mass is 79.9.